The highest BCUT2D eigenvalue weighted by molar-refractivity contribution is 6.33. The van der Waals surface area contributed by atoms with E-state index in [0.29, 0.717) is 6.04 Å². The van der Waals surface area contributed by atoms with E-state index in [1.54, 1.807) is 0 Å². The number of nitrogens with zero attached hydrogens (tertiary/aromatic N) is 1. The quantitative estimate of drug-likeness (QED) is 0.819. The first kappa shape index (κ1) is 16.6. The molecule has 1 aliphatic carbocycles. The van der Waals surface area contributed by atoms with Gasteiger partial charge in [-0.3, -0.25) is 0 Å². The van der Waals surface area contributed by atoms with Crippen LogP contribution in [-0.2, 0) is 6.42 Å². The third-order valence-electron chi connectivity index (χ3n) is 4.70. The zero-order valence-corrected chi connectivity index (χ0v) is 14.2. The normalized spacial score (nSPS) is 17.7. The fourth-order valence-electron chi connectivity index (χ4n) is 3.38. The first-order valence-corrected chi connectivity index (χ1v) is 8.84. The molecule has 1 atom stereocenters. The van der Waals surface area contributed by atoms with E-state index in [0.717, 1.165) is 24.4 Å². The molecule has 1 fully saturated rings. The molecule has 3 heteroatoms. The van der Waals surface area contributed by atoms with Crippen molar-refractivity contribution in [3.63, 3.8) is 0 Å². The Balaban J connectivity index is 2.14. The Kier molecular flexibility index (Phi) is 6.38. The van der Waals surface area contributed by atoms with Crippen molar-refractivity contribution in [3.8, 4) is 0 Å². The van der Waals surface area contributed by atoms with E-state index in [1.165, 1.54) is 43.4 Å². The standard InChI is InChI=1S/C18H29ClN2/c1-3-15(20)12-14-10-11-18(17(19)13-14)21(4-2)16-8-6-5-7-9-16/h10-11,13,15-16H,3-9,12,20H2,1-2H3. The van der Waals surface area contributed by atoms with E-state index in [-0.39, 0.29) is 6.04 Å². The van der Waals surface area contributed by atoms with Crippen LogP contribution in [0.15, 0.2) is 18.2 Å². The van der Waals surface area contributed by atoms with Crippen LogP contribution in [0.5, 0.6) is 0 Å². The monoisotopic (exact) mass is 308 g/mol. The predicted octanol–water partition coefficient (Wildman–Crippen LogP) is 4.78. The average molecular weight is 309 g/mol. The second-order valence-electron chi connectivity index (χ2n) is 6.24. The van der Waals surface area contributed by atoms with Crippen molar-refractivity contribution in [1.29, 1.82) is 0 Å². The smallest absolute Gasteiger partial charge is 0.0642 e. The van der Waals surface area contributed by atoms with Gasteiger partial charge in [-0.1, -0.05) is 43.9 Å². The Bertz CT molecular complexity index is 441. The summed E-state index contributed by atoms with van der Waals surface area (Å²) < 4.78 is 0. The van der Waals surface area contributed by atoms with Crippen molar-refractivity contribution in [3.05, 3.63) is 28.8 Å². The second kappa shape index (κ2) is 8.05. The van der Waals surface area contributed by atoms with E-state index in [1.807, 2.05) is 0 Å². The molecular formula is C18H29ClN2. The van der Waals surface area contributed by atoms with Gasteiger partial charge in [0.05, 0.1) is 10.7 Å². The van der Waals surface area contributed by atoms with Gasteiger partial charge in [0.25, 0.3) is 0 Å². The molecule has 0 aromatic heterocycles. The molecule has 0 heterocycles. The zero-order chi connectivity index (χ0) is 15.2. The van der Waals surface area contributed by atoms with Crippen LogP contribution >= 0.6 is 11.6 Å². The minimum Gasteiger partial charge on any atom is -0.368 e. The third kappa shape index (κ3) is 4.37. The van der Waals surface area contributed by atoms with Crippen molar-refractivity contribution < 1.29 is 0 Å². The summed E-state index contributed by atoms with van der Waals surface area (Å²) in [7, 11) is 0. The lowest BCUT2D eigenvalue weighted by Gasteiger charge is -2.36. The molecule has 0 saturated heterocycles. The molecule has 0 radical (unpaired) electrons. The molecule has 2 N–H and O–H groups in total. The molecule has 118 valence electrons. The highest BCUT2D eigenvalue weighted by Gasteiger charge is 2.21. The minimum absolute atomic E-state index is 0.229. The number of hydrogen-bond donors (Lipinski definition) is 1. The van der Waals surface area contributed by atoms with Crippen LogP contribution in [0.1, 0.15) is 57.9 Å². The van der Waals surface area contributed by atoms with E-state index >= 15 is 0 Å². The van der Waals surface area contributed by atoms with Crippen molar-refractivity contribution in [2.75, 3.05) is 11.4 Å². The Hall–Kier alpha value is -0.730. The molecule has 1 unspecified atom stereocenters. The molecule has 21 heavy (non-hydrogen) atoms. The number of benzene rings is 1. The lowest BCUT2D eigenvalue weighted by Crippen LogP contribution is -2.36. The van der Waals surface area contributed by atoms with Gasteiger partial charge in [0, 0.05) is 18.6 Å². The lowest BCUT2D eigenvalue weighted by atomic mass is 9.93. The first-order chi connectivity index (χ1) is 10.2. The number of halogens is 1. The molecule has 1 aromatic carbocycles. The Labute approximate surface area is 134 Å². The third-order valence-corrected chi connectivity index (χ3v) is 5.00. The molecule has 1 aliphatic rings. The molecule has 2 rings (SSSR count). The van der Waals surface area contributed by atoms with Crippen LogP contribution in [0.3, 0.4) is 0 Å². The van der Waals surface area contributed by atoms with Gasteiger partial charge in [-0.15, -0.1) is 0 Å². The van der Waals surface area contributed by atoms with Gasteiger partial charge in [-0.05, 0) is 50.3 Å². The molecular weight excluding hydrogens is 280 g/mol. The predicted molar refractivity (Wildman–Crippen MR) is 93.3 cm³/mol. The summed E-state index contributed by atoms with van der Waals surface area (Å²) >= 11 is 6.57. The van der Waals surface area contributed by atoms with Gasteiger partial charge in [0.15, 0.2) is 0 Å². The summed E-state index contributed by atoms with van der Waals surface area (Å²) in [4.78, 5) is 2.49. The summed E-state index contributed by atoms with van der Waals surface area (Å²) in [5, 5.41) is 0.878. The van der Waals surface area contributed by atoms with Crippen LogP contribution in [0.4, 0.5) is 5.69 Å². The number of hydrogen-bond acceptors (Lipinski definition) is 2. The minimum atomic E-state index is 0.229. The molecule has 0 spiro atoms. The van der Waals surface area contributed by atoms with Crippen molar-refractivity contribution in [2.24, 2.45) is 5.73 Å². The molecule has 2 nitrogen and oxygen atoms in total. The molecule has 0 bridgehead atoms. The fourth-order valence-corrected chi connectivity index (χ4v) is 3.69. The molecule has 0 aliphatic heterocycles. The Morgan fingerprint density at radius 3 is 2.52 bits per heavy atom. The van der Waals surface area contributed by atoms with Crippen LogP contribution in [-0.4, -0.2) is 18.6 Å². The molecule has 0 amide bonds. The van der Waals surface area contributed by atoms with E-state index in [4.69, 9.17) is 17.3 Å². The topological polar surface area (TPSA) is 29.3 Å². The molecule has 1 saturated carbocycles. The van der Waals surface area contributed by atoms with Crippen LogP contribution in [0, 0.1) is 0 Å². The van der Waals surface area contributed by atoms with Crippen LogP contribution in [0.2, 0.25) is 5.02 Å². The second-order valence-corrected chi connectivity index (χ2v) is 6.64. The largest absolute Gasteiger partial charge is 0.368 e. The van der Waals surface area contributed by atoms with E-state index in [2.05, 4.69) is 36.9 Å². The molecule has 1 aromatic rings. The maximum atomic E-state index is 6.57. The maximum Gasteiger partial charge on any atom is 0.0642 e. The number of anilines is 1. The summed E-state index contributed by atoms with van der Waals surface area (Å²) in [6, 6.07) is 7.38. The zero-order valence-electron chi connectivity index (χ0n) is 13.4. The summed E-state index contributed by atoms with van der Waals surface area (Å²) in [6.07, 6.45) is 8.59. The Morgan fingerprint density at radius 2 is 1.95 bits per heavy atom. The lowest BCUT2D eigenvalue weighted by molar-refractivity contribution is 0.418. The van der Waals surface area contributed by atoms with Crippen molar-refractivity contribution in [1.82, 2.24) is 0 Å². The first-order valence-electron chi connectivity index (χ1n) is 8.46. The maximum absolute atomic E-state index is 6.57. The van der Waals surface area contributed by atoms with Gasteiger partial charge < -0.3 is 10.6 Å². The highest BCUT2D eigenvalue weighted by atomic mass is 35.5. The van der Waals surface area contributed by atoms with Gasteiger partial charge in [-0.25, -0.2) is 0 Å². The van der Waals surface area contributed by atoms with Gasteiger partial charge in [0.2, 0.25) is 0 Å². The SMILES string of the molecule is CCC(N)Cc1ccc(N(CC)C2CCCCC2)c(Cl)c1. The van der Waals surface area contributed by atoms with Gasteiger partial charge in [0.1, 0.15) is 0 Å². The average Bonchev–Trinajstić information content (AvgIpc) is 2.51. The van der Waals surface area contributed by atoms with Gasteiger partial charge >= 0.3 is 0 Å². The highest BCUT2D eigenvalue weighted by Crippen LogP contribution is 2.33. The van der Waals surface area contributed by atoms with Crippen LogP contribution in [0.25, 0.3) is 0 Å². The van der Waals surface area contributed by atoms with Crippen molar-refractivity contribution >= 4 is 17.3 Å². The summed E-state index contributed by atoms with van der Waals surface area (Å²) in [5.41, 5.74) is 8.48. The van der Waals surface area contributed by atoms with Gasteiger partial charge in [-0.2, -0.15) is 0 Å². The number of nitrogens with two attached hydrogens (primary N) is 1. The van der Waals surface area contributed by atoms with E-state index < -0.39 is 0 Å². The summed E-state index contributed by atoms with van der Waals surface area (Å²) in [5.74, 6) is 0. The van der Waals surface area contributed by atoms with Crippen LogP contribution < -0.4 is 10.6 Å². The van der Waals surface area contributed by atoms with E-state index in [9.17, 15) is 0 Å². The number of rotatable bonds is 6. The summed E-state index contributed by atoms with van der Waals surface area (Å²) in [6.45, 7) is 5.38. The van der Waals surface area contributed by atoms with Crippen molar-refractivity contribution in [2.45, 2.75) is 70.9 Å². The Morgan fingerprint density at radius 1 is 1.24 bits per heavy atom. The fraction of sp³-hybridized carbons (Fsp3) is 0.667.